The van der Waals surface area contributed by atoms with E-state index in [1.54, 1.807) is 0 Å². The lowest BCUT2D eigenvalue weighted by molar-refractivity contribution is -0.146. The van der Waals surface area contributed by atoms with Crippen LogP contribution in [0.4, 0.5) is 0 Å². The van der Waals surface area contributed by atoms with Gasteiger partial charge in [-0.2, -0.15) is 0 Å². The van der Waals surface area contributed by atoms with Crippen LogP contribution in [0.2, 0.25) is 0 Å². The molecule has 9 heteroatoms. The summed E-state index contributed by atoms with van der Waals surface area (Å²) in [5, 5.41) is 8.94. The van der Waals surface area contributed by atoms with Crippen molar-refractivity contribution in [3.05, 3.63) is 32.6 Å². The highest BCUT2D eigenvalue weighted by Gasteiger charge is 2.29. The predicted molar refractivity (Wildman–Crippen MR) is 74.6 cm³/mol. The summed E-state index contributed by atoms with van der Waals surface area (Å²) in [6.07, 6.45) is 1.84. The third-order valence-electron chi connectivity index (χ3n) is 3.47. The van der Waals surface area contributed by atoms with E-state index >= 15 is 0 Å². The van der Waals surface area contributed by atoms with Crippen LogP contribution in [0, 0.1) is 6.92 Å². The van der Waals surface area contributed by atoms with Gasteiger partial charge in [-0.15, -0.1) is 0 Å². The van der Waals surface area contributed by atoms with Crippen LogP contribution in [0.25, 0.3) is 0 Å². The molecule has 1 atom stereocenters. The molecule has 0 radical (unpaired) electrons. The molecule has 1 unspecified atom stereocenters. The summed E-state index contributed by atoms with van der Waals surface area (Å²) < 4.78 is 6.23. The molecule has 22 heavy (non-hydrogen) atoms. The van der Waals surface area contributed by atoms with Gasteiger partial charge in [-0.05, 0) is 13.3 Å². The first-order valence-corrected chi connectivity index (χ1v) is 6.78. The molecule has 1 aliphatic heterocycles. The van der Waals surface area contributed by atoms with Gasteiger partial charge in [0.1, 0.15) is 13.1 Å². The maximum atomic E-state index is 12.3. The Bertz CT molecular complexity index is 686. The second-order valence-corrected chi connectivity index (χ2v) is 5.13. The SMILES string of the molecule is Cc1cn(CC(=O)N(CC(=O)O)C2CCOC2)c(=O)[nH]c1=O. The molecule has 0 spiro atoms. The maximum Gasteiger partial charge on any atom is 0.328 e. The topological polar surface area (TPSA) is 122 Å². The summed E-state index contributed by atoms with van der Waals surface area (Å²) in [5.41, 5.74) is -0.927. The Labute approximate surface area is 125 Å². The summed E-state index contributed by atoms with van der Waals surface area (Å²) in [5.74, 6) is -1.64. The van der Waals surface area contributed by atoms with Crippen molar-refractivity contribution in [3.63, 3.8) is 0 Å². The molecule has 9 nitrogen and oxygen atoms in total. The number of carbonyl (C=O) groups excluding carboxylic acids is 1. The minimum Gasteiger partial charge on any atom is -0.480 e. The lowest BCUT2D eigenvalue weighted by Crippen LogP contribution is -2.46. The number of aromatic amines is 1. The Balaban J connectivity index is 2.20. The molecule has 1 amide bonds. The highest BCUT2D eigenvalue weighted by atomic mass is 16.5. The van der Waals surface area contributed by atoms with E-state index in [0.29, 0.717) is 18.6 Å². The number of carbonyl (C=O) groups is 2. The highest BCUT2D eigenvalue weighted by Crippen LogP contribution is 2.13. The Kier molecular flexibility index (Phi) is 4.76. The van der Waals surface area contributed by atoms with Gasteiger partial charge in [-0.3, -0.25) is 23.9 Å². The number of carboxylic acids is 1. The number of hydrogen-bond donors (Lipinski definition) is 2. The smallest absolute Gasteiger partial charge is 0.328 e. The number of nitrogens with zero attached hydrogens (tertiary/aromatic N) is 2. The van der Waals surface area contributed by atoms with Crippen LogP contribution in [-0.2, 0) is 20.9 Å². The third-order valence-corrected chi connectivity index (χ3v) is 3.47. The van der Waals surface area contributed by atoms with Crippen LogP contribution < -0.4 is 11.2 Å². The number of amides is 1. The quantitative estimate of drug-likeness (QED) is 0.686. The number of aromatic nitrogens is 2. The Hall–Kier alpha value is -2.42. The first kappa shape index (κ1) is 16.0. The van der Waals surface area contributed by atoms with Crippen molar-refractivity contribution in [2.45, 2.75) is 25.9 Å². The van der Waals surface area contributed by atoms with Crippen molar-refractivity contribution < 1.29 is 19.4 Å². The van der Waals surface area contributed by atoms with E-state index < -0.39 is 29.7 Å². The molecule has 1 aromatic rings. The van der Waals surface area contributed by atoms with Gasteiger partial charge in [0.25, 0.3) is 5.56 Å². The van der Waals surface area contributed by atoms with Crippen molar-refractivity contribution in [2.75, 3.05) is 19.8 Å². The van der Waals surface area contributed by atoms with E-state index in [-0.39, 0.29) is 19.2 Å². The largest absolute Gasteiger partial charge is 0.480 e. The monoisotopic (exact) mass is 311 g/mol. The lowest BCUT2D eigenvalue weighted by Gasteiger charge is -2.26. The number of ether oxygens (including phenoxy) is 1. The van der Waals surface area contributed by atoms with Gasteiger partial charge in [-0.25, -0.2) is 4.79 Å². The fourth-order valence-electron chi connectivity index (χ4n) is 2.31. The molecule has 1 saturated heterocycles. The minimum absolute atomic E-state index is 0.276. The fraction of sp³-hybridized carbons (Fsp3) is 0.538. The van der Waals surface area contributed by atoms with Crippen molar-refractivity contribution in [3.8, 4) is 0 Å². The zero-order valence-corrected chi connectivity index (χ0v) is 12.1. The average molecular weight is 311 g/mol. The van der Waals surface area contributed by atoms with Crippen LogP contribution in [0.1, 0.15) is 12.0 Å². The van der Waals surface area contributed by atoms with Crippen LogP contribution in [-0.4, -0.2) is 57.2 Å². The summed E-state index contributed by atoms with van der Waals surface area (Å²) in [7, 11) is 0. The third kappa shape index (κ3) is 3.61. The van der Waals surface area contributed by atoms with Crippen molar-refractivity contribution in [1.82, 2.24) is 14.5 Å². The molecule has 0 saturated carbocycles. The molecule has 0 bridgehead atoms. The summed E-state index contributed by atoms with van der Waals surface area (Å²) in [6, 6.07) is -0.317. The molecular weight excluding hydrogens is 294 g/mol. The standard InChI is InChI=1S/C13H17N3O6/c1-8-4-15(13(21)14-12(8)20)5-10(17)16(6-11(18)19)9-2-3-22-7-9/h4,9H,2-3,5-7H2,1H3,(H,18,19)(H,14,20,21). The second-order valence-electron chi connectivity index (χ2n) is 5.13. The highest BCUT2D eigenvalue weighted by molar-refractivity contribution is 5.81. The van der Waals surface area contributed by atoms with Gasteiger partial charge in [0, 0.05) is 18.4 Å². The number of aliphatic carboxylic acids is 1. The molecule has 2 heterocycles. The molecule has 1 aliphatic rings. The van der Waals surface area contributed by atoms with Gasteiger partial charge in [0.05, 0.1) is 12.6 Å². The number of hydrogen-bond acceptors (Lipinski definition) is 5. The number of rotatable bonds is 5. The summed E-state index contributed by atoms with van der Waals surface area (Å²) in [6.45, 7) is 1.47. The van der Waals surface area contributed by atoms with E-state index in [9.17, 15) is 19.2 Å². The van der Waals surface area contributed by atoms with Crippen molar-refractivity contribution in [2.24, 2.45) is 0 Å². The van der Waals surface area contributed by atoms with Crippen LogP contribution in [0.15, 0.2) is 15.8 Å². The number of nitrogens with one attached hydrogen (secondary N) is 1. The van der Waals surface area contributed by atoms with Crippen molar-refractivity contribution in [1.29, 1.82) is 0 Å². The second kappa shape index (κ2) is 6.56. The molecule has 1 aromatic heterocycles. The molecule has 2 N–H and O–H groups in total. The van der Waals surface area contributed by atoms with Gasteiger partial charge in [0.2, 0.25) is 5.91 Å². The normalized spacial score (nSPS) is 17.4. The molecular formula is C13H17N3O6. The Morgan fingerprint density at radius 3 is 2.82 bits per heavy atom. The average Bonchev–Trinajstić information content (AvgIpc) is 2.95. The molecule has 1 fully saturated rings. The van der Waals surface area contributed by atoms with Gasteiger partial charge in [-0.1, -0.05) is 0 Å². The predicted octanol–water partition coefficient (Wildman–Crippen LogP) is -1.45. The lowest BCUT2D eigenvalue weighted by atomic mass is 10.2. The van der Waals surface area contributed by atoms with Gasteiger partial charge in [0.15, 0.2) is 0 Å². The van der Waals surface area contributed by atoms with Crippen LogP contribution in [0.5, 0.6) is 0 Å². The van der Waals surface area contributed by atoms with Crippen LogP contribution in [0.3, 0.4) is 0 Å². The summed E-state index contributed by atoms with van der Waals surface area (Å²) >= 11 is 0. The van der Waals surface area contributed by atoms with Crippen molar-refractivity contribution >= 4 is 11.9 Å². The van der Waals surface area contributed by atoms with E-state index in [4.69, 9.17) is 9.84 Å². The molecule has 120 valence electrons. The first-order chi connectivity index (χ1) is 10.4. The summed E-state index contributed by atoms with van der Waals surface area (Å²) in [4.78, 5) is 49.6. The zero-order chi connectivity index (χ0) is 16.3. The maximum absolute atomic E-state index is 12.3. The first-order valence-electron chi connectivity index (χ1n) is 6.78. The van der Waals surface area contributed by atoms with Gasteiger partial charge < -0.3 is 14.7 Å². The van der Waals surface area contributed by atoms with E-state index in [2.05, 4.69) is 4.98 Å². The van der Waals surface area contributed by atoms with E-state index in [0.717, 1.165) is 4.57 Å². The number of H-pyrrole nitrogens is 1. The van der Waals surface area contributed by atoms with Crippen LogP contribution >= 0.6 is 0 Å². The molecule has 0 aliphatic carbocycles. The fourth-order valence-corrected chi connectivity index (χ4v) is 2.31. The molecule has 0 aromatic carbocycles. The zero-order valence-electron chi connectivity index (χ0n) is 12.1. The number of carboxylic acid groups (broad SMARTS) is 1. The molecule has 2 rings (SSSR count). The number of aryl methyl sites for hydroxylation is 1. The van der Waals surface area contributed by atoms with Gasteiger partial charge >= 0.3 is 11.7 Å². The van der Waals surface area contributed by atoms with E-state index in [1.807, 2.05) is 0 Å². The Morgan fingerprint density at radius 2 is 2.23 bits per heavy atom. The Morgan fingerprint density at radius 1 is 1.50 bits per heavy atom. The van der Waals surface area contributed by atoms with E-state index in [1.165, 1.54) is 18.0 Å². The minimum atomic E-state index is -1.13.